The van der Waals surface area contributed by atoms with E-state index in [-0.39, 0.29) is 17.9 Å². The van der Waals surface area contributed by atoms with Gasteiger partial charge in [0.15, 0.2) is 5.75 Å². The number of imide groups is 2. The number of hydrogen-bond acceptors (Lipinski definition) is 7. The first kappa shape index (κ1) is 24.7. The molecule has 1 heterocycles. The number of carbonyl (C=O) groups excluding carboxylic acids is 3. The van der Waals surface area contributed by atoms with Crippen LogP contribution in [0.25, 0.3) is 6.08 Å². The van der Waals surface area contributed by atoms with Crippen molar-refractivity contribution in [2.24, 2.45) is 0 Å². The highest BCUT2D eigenvalue weighted by atomic mass is 35.5. The van der Waals surface area contributed by atoms with Gasteiger partial charge >= 0.3 is 11.7 Å². The van der Waals surface area contributed by atoms with E-state index in [1.807, 2.05) is 0 Å². The molecule has 3 aromatic carbocycles. The van der Waals surface area contributed by atoms with E-state index in [2.05, 4.69) is 5.32 Å². The van der Waals surface area contributed by atoms with Crippen molar-refractivity contribution in [3.05, 3.63) is 97.5 Å². The first-order valence-electron chi connectivity index (χ1n) is 10.2. The molecule has 0 bridgehead atoms. The van der Waals surface area contributed by atoms with Crippen LogP contribution in [-0.2, 0) is 16.2 Å². The van der Waals surface area contributed by atoms with E-state index in [1.54, 1.807) is 18.2 Å². The number of nitrogens with zero attached hydrogens (tertiary/aromatic N) is 2. The van der Waals surface area contributed by atoms with Gasteiger partial charge in [-0.15, -0.1) is 0 Å². The molecule has 1 aliphatic rings. The van der Waals surface area contributed by atoms with Gasteiger partial charge in [-0.1, -0.05) is 35.3 Å². The van der Waals surface area contributed by atoms with Gasteiger partial charge in [0, 0.05) is 21.7 Å². The lowest BCUT2D eigenvalue weighted by atomic mass is 10.1. The van der Waals surface area contributed by atoms with E-state index in [4.69, 9.17) is 27.9 Å². The Morgan fingerprint density at radius 2 is 1.75 bits per heavy atom. The van der Waals surface area contributed by atoms with Gasteiger partial charge in [0.1, 0.15) is 17.9 Å². The topological polar surface area (TPSA) is 139 Å². The van der Waals surface area contributed by atoms with Gasteiger partial charge in [0.2, 0.25) is 0 Å². The predicted molar refractivity (Wildman–Crippen MR) is 131 cm³/mol. The summed E-state index contributed by atoms with van der Waals surface area (Å²) in [6.45, 7) is 0.151. The average Bonchev–Trinajstić information content (AvgIpc) is 2.82. The third kappa shape index (κ3) is 5.14. The van der Waals surface area contributed by atoms with E-state index in [0.29, 0.717) is 21.4 Å². The van der Waals surface area contributed by atoms with Crippen molar-refractivity contribution in [2.45, 2.75) is 6.61 Å². The zero-order valence-corrected chi connectivity index (χ0v) is 19.6. The van der Waals surface area contributed by atoms with Crippen molar-refractivity contribution in [1.82, 2.24) is 5.32 Å². The molecule has 12 heteroatoms. The molecule has 0 saturated carbocycles. The molecule has 1 aliphatic heterocycles. The van der Waals surface area contributed by atoms with Gasteiger partial charge in [-0.05, 0) is 54.1 Å². The highest BCUT2D eigenvalue weighted by Gasteiger charge is 2.37. The van der Waals surface area contributed by atoms with Gasteiger partial charge in [-0.3, -0.25) is 25.0 Å². The van der Waals surface area contributed by atoms with Gasteiger partial charge in [-0.2, -0.15) is 0 Å². The van der Waals surface area contributed by atoms with Crippen molar-refractivity contribution in [1.29, 1.82) is 0 Å². The molecule has 0 aromatic heterocycles. The summed E-state index contributed by atoms with van der Waals surface area (Å²) < 4.78 is 5.69. The number of anilines is 1. The van der Waals surface area contributed by atoms with Gasteiger partial charge in [0.25, 0.3) is 11.8 Å². The van der Waals surface area contributed by atoms with Crippen molar-refractivity contribution in [2.75, 3.05) is 4.90 Å². The predicted octanol–water partition coefficient (Wildman–Crippen LogP) is 4.85. The molecule has 4 amide bonds. The number of ether oxygens (including phenoxy) is 1. The number of amides is 4. The first-order valence-corrected chi connectivity index (χ1v) is 11.0. The number of rotatable bonds is 6. The summed E-state index contributed by atoms with van der Waals surface area (Å²) in [5.41, 5.74) is -0.0522. The summed E-state index contributed by atoms with van der Waals surface area (Å²) in [5, 5.41) is 23.7. The second-order valence-corrected chi connectivity index (χ2v) is 8.33. The number of hydrogen-bond donors (Lipinski definition) is 2. The summed E-state index contributed by atoms with van der Waals surface area (Å²) in [6, 6.07) is 13.4. The number of nitrogens with one attached hydrogen (secondary N) is 1. The van der Waals surface area contributed by atoms with E-state index >= 15 is 0 Å². The van der Waals surface area contributed by atoms with Crippen molar-refractivity contribution in [3.63, 3.8) is 0 Å². The van der Waals surface area contributed by atoms with Crippen LogP contribution in [-0.4, -0.2) is 27.9 Å². The molecule has 4 rings (SSSR count). The van der Waals surface area contributed by atoms with E-state index < -0.39 is 39.8 Å². The number of carbonyl (C=O) groups is 3. The summed E-state index contributed by atoms with van der Waals surface area (Å²) in [5.74, 6) is -2.03. The molecule has 182 valence electrons. The van der Waals surface area contributed by atoms with Crippen LogP contribution in [0.1, 0.15) is 11.1 Å². The summed E-state index contributed by atoms with van der Waals surface area (Å²) in [4.78, 5) is 48.8. The minimum atomic E-state index is -0.961. The van der Waals surface area contributed by atoms with Gasteiger partial charge in [0.05, 0.1) is 10.6 Å². The maximum absolute atomic E-state index is 13.0. The quantitative estimate of drug-likeness (QED) is 0.202. The minimum absolute atomic E-state index is 0.108. The van der Waals surface area contributed by atoms with E-state index in [0.717, 1.165) is 23.1 Å². The smallest absolute Gasteiger partial charge is 0.335 e. The maximum atomic E-state index is 13.0. The van der Waals surface area contributed by atoms with Crippen LogP contribution in [0.2, 0.25) is 10.0 Å². The third-order valence-corrected chi connectivity index (χ3v) is 5.70. The molecular formula is C24H15Cl2N3O7. The highest BCUT2D eigenvalue weighted by molar-refractivity contribution is 6.39. The minimum Gasteiger partial charge on any atom is -0.502 e. The number of urea groups is 1. The van der Waals surface area contributed by atoms with Crippen LogP contribution in [0.15, 0.2) is 66.2 Å². The largest absolute Gasteiger partial charge is 0.502 e. The standard InChI is InChI=1S/C24H15Cl2N3O7/c25-15-3-2-14(19(26)11-15)12-36-17-6-4-16(5-7-17)28-23(32)18(22(31)27-24(28)33)9-13-1-8-21(30)20(10-13)29(34)35/h1-11,30H,12H2,(H,27,31,33)/b18-9+. The molecule has 0 spiro atoms. The molecule has 1 fully saturated rings. The summed E-state index contributed by atoms with van der Waals surface area (Å²) in [6.07, 6.45) is 1.09. The molecular weight excluding hydrogens is 513 g/mol. The van der Waals surface area contributed by atoms with Crippen molar-refractivity contribution >= 4 is 58.5 Å². The number of phenolic OH excluding ortho intramolecular Hbond substituents is 1. The number of barbiturate groups is 1. The van der Waals surface area contributed by atoms with Crippen LogP contribution in [0, 0.1) is 10.1 Å². The zero-order valence-electron chi connectivity index (χ0n) is 18.1. The molecule has 2 N–H and O–H groups in total. The number of phenols is 1. The Bertz CT molecular complexity index is 1440. The zero-order chi connectivity index (χ0) is 26.0. The van der Waals surface area contributed by atoms with Crippen LogP contribution >= 0.6 is 23.2 Å². The Balaban J connectivity index is 1.55. The molecule has 10 nitrogen and oxygen atoms in total. The van der Waals surface area contributed by atoms with Crippen molar-refractivity contribution < 1.29 is 29.2 Å². The van der Waals surface area contributed by atoms with E-state index in [9.17, 15) is 29.6 Å². The first-order chi connectivity index (χ1) is 17.1. The molecule has 0 atom stereocenters. The van der Waals surface area contributed by atoms with Gasteiger partial charge in [-0.25, -0.2) is 9.69 Å². The average molecular weight is 528 g/mol. The molecule has 1 saturated heterocycles. The molecule has 0 aliphatic carbocycles. The highest BCUT2D eigenvalue weighted by Crippen LogP contribution is 2.29. The second-order valence-electron chi connectivity index (χ2n) is 7.48. The molecule has 36 heavy (non-hydrogen) atoms. The summed E-state index contributed by atoms with van der Waals surface area (Å²) >= 11 is 12.0. The monoisotopic (exact) mass is 527 g/mol. The fourth-order valence-corrected chi connectivity index (χ4v) is 3.79. The third-order valence-electron chi connectivity index (χ3n) is 5.11. The van der Waals surface area contributed by atoms with Gasteiger partial charge < -0.3 is 9.84 Å². The van der Waals surface area contributed by atoms with Crippen molar-refractivity contribution in [3.8, 4) is 11.5 Å². The Labute approximate surface area is 213 Å². The molecule has 3 aromatic rings. The van der Waals surface area contributed by atoms with Crippen LogP contribution in [0.4, 0.5) is 16.2 Å². The lowest BCUT2D eigenvalue weighted by molar-refractivity contribution is -0.385. The number of benzene rings is 3. The number of nitro benzene ring substituents is 1. The van der Waals surface area contributed by atoms with Crippen LogP contribution in [0.5, 0.6) is 11.5 Å². The fraction of sp³-hybridized carbons (Fsp3) is 0.0417. The Kier molecular flexibility index (Phi) is 6.91. The molecule has 0 unspecified atom stereocenters. The van der Waals surface area contributed by atoms with Crippen LogP contribution in [0.3, 0.4) is 0 Å². The van der Waals surface area contributed by atoms with E-state index in [1.165, 1.54) is 30.3 Å². The fourth-order valence-electron chi connectivity index (χ4n) is 3.33. The molecule has 0 radical (unpaired) electrons. The number of nitro groups is 1. The lowest BCUT2D eigenvalue weighted by Crippen LogP contribution is -2.54. The maximum Gasteiger partial charge on any atom is 0.335 e. The SMILES string of the molecule is O=C1NC(=O)N(c2ccc(OCc3ccc(Cl)cc3Cl)cc2)C(=O)/C1=C/c1ccc(O)c([N+](=O)[O-])c1. The Hall–Kier alpha value is -4.41. The normalized spacial score (nSPS) is 14.7. The number of halogens is 2. The Morgan fingerprint density at radius 3 is 2.42 bits per heavy atom. The second kappa shape index (κ2) is 10.1. The van der Waals surface area contributed by atoms with Crippen LogP contribution < -0.4 is 15.0 Å². The lowest BCUT2D eigenvalue weighted by Gasteiger charge is -2.26. The summed E-state index contributed by atoms with van der Waals surface area (Å²) in [7, 11) is 0. The Morgan fingerprint density at radius 1 is 1.03 bits per heavy atom. The number of aromatic hydroxyl groups is 1.